The molecule has 0 aliphatic carbocycles. The summed E-state index contributed by atoms with van der Waals surface area (Å²) in [6.45, 7) is 7.28. The van der Waals surface area contributed by atoms with E-state index in [9.17, 15) is 43.2 Å². The molecule has 0 bridgehead atoms. The van der Waals surface area contributed by atoms with Gasteiger partial charge in [0.1, 0.15) is 19.3 Å². The molecule has 3 N–H and O–H groups in total. The lowest BCUT2D eigenvalue weighted by molar-refractivity contribution is -0.161. The molecule has 3 unspecified atom stereocenters. The Morgan fingerprint density at radius 1 is 0.301 bits per heavy atom. The predicted molar refractivity (Wildman–Crippen MR) is 377 cm³/mol. The highest BCUT2D eigenvalue weighted by atomic mass is 31.2. The van der Waals surface area contributed by atoms with Crippen molar-refractivity contribution in [3.63, 3.8) is 0 Å². The maximum absolute atomic E-state index is 13.1. The van der Waals surface area contributed by atoms with Gasteiger partial charge in [0.25, 0.3) is 0 Å². The Balaban J connectivity index is 5.25. The average molecular weight is 1370 g/mol. The Kier molecular flexibility index (Phi) is 65.9. The maximum atomic E-state index is 13.1. The van der Waals surface area contributed by atoms with E-state index in [1.807, 2.05) is 0 Å². The topological polar surface area (TPSA) is 237 Å². The summed E-state index contributed by atoms with van der Waals surface area (Å²) in [5.74, 6) is -1.35. The first-order valence-electron chi connectivity index (χ1n) is 38.7. The lowest BCUT2D eigenvalue weighted by Gasteiger charge is -2.21. The number of phosphoric ester groups is 2. The standard InChI is InChI=1S/C74H144O17P2/c1-6-10-13-16-19-22-25-27-28-29-30-32-35-38-44-49-54-59-73(78)90-69(63-85-72(77)58-53-48-43-37-34-31-26-23-20-17-14-11-7-2)65-88-92(80,81)86-61-68(75)62-87-93(82,83)89-66-70(64-84-71(76)57-52-47-42-36-33-24-21-18-15-12-8-3)91-74(79)60-55-50-45-40-39-41-46-51-56-67(5)9-4/h67-70,75H,6-66H2,1-5H3,(H,80,81)(H,82,83)/t67?,68-,69-,70-/m1/s1. The van der Waals surface area contributed by atoms with Crippen LogP contribution in [0.15, 0.2) is 0 Å². The van der Waals surface area contributed by atoms with Crippen LogP contribution in [0.4, 0.5) is 0 Å². The molecule has 19 heteroatoms. The van der Waals surface area contributed by atoms with Crippen molar-refractivity contribution >= 4 is 39.5 Å². The van der Waals surface area contributed by atoms with Crippen LogP contribution >= 0.6 is 15.6 Å². The number of hydrogen-bond donors (Lipinski definition) is 3. The molecule has 0 aromatic heterocycles. The monoisotopic (exact) mass is 1370 g/mol. The fraction of sp³-hybridized carbons (Fsp3) is 0.946. The smallest absolute Gasteiger partial charge is 0.462 e. The largest absolute Gasteiger partial charge is 0.472 e. The number of aliphatic hydroxyl groups excluding tert-OH is 1. The number of phosphoric acid groups is 2. The van der Waals surface area contributed by atoms with Crippen LogP contribution in [0.2, 0.25) is 0 Å². The van der Waals surface area contributed by atoms with Gasteiger partial charge in [-0.15, -0.1) is 0 Å². The maximum Gasteiger partial charge on any atom is 0.472 e. The molecule has 0 radical (unpaired) electrons. The second-order valence-corrected chi connectivity index (χ2v) is 29.8. The van der Waals surface area contributed by atoms with Crippen molar-refractivity contribution in [2.45, 2.75) is 406 Å². The highest BCUT2D eigenvalue weighted by molar-refractivity contribution is 7.47. The molecule has 552 valence electrons. The van der Waals surface area contributed by atoms with E-state index in [-0.39, 0.29) is 25.7 Å². The fourth-order valence-corrected chi connectivity index (χ4v) is 12.9. The zero-order chi connectivity index (χ0) is 68.4. The van der Waals surface area contributed by atoms with Gasteiger partial charge in [-0.05, 0) is 31.6 Å². The highest BCUT2D eigenvalue weighted by Gasteiger charge is 2.30. The molecule has 0 spiro atoms. The lowest BCUT2D eigenvalue weighted by Crippen LogP contribution is -2.30. The predicted octanol–water partition coefficient (Wildman–Crippen LogP) is 21.7. The number of carbonyl (C=O) groups excluding carboxylic acids is 4. The molecule has 17 nitrogen and oxygen atoms in total. The van der Waals surface area contributed by atoms with E-state index in [2.05, 4.69) is 34.6 Å². The summed E-state index contributed by atoms with van der Waals surface area (Å²) in [6.07, 6.45) is 55.3. The zero-order valence-corrected chi connectivity index (χ0v) is 62.2. The van der Waals surface area contributed by atoms with Crippen LogP contribution in [0.5, 0.6) is 0 Å². The molecule has 0 saturated carbocycles. The summed E-state index contributed by atoms with van der Waals surface area (Å²) < 4.78 is 68.5. The van der Waals surface area contributed by atoms with E-state index in [1.165, 1.54) is 212 Å². The van der Waals surface area contributed by atoms with Crippen LogP contribution in [0.1, 0.15) is 388 Å². The quantitative estimate of drug-likeness (QED) is 0.0222. The molecular formula is C74H144O17P2. The van der Waals surface area contributed by atoms with E-state index in [0.717, 1.165) is 95.8 Å². The van der Waals surface area contributed by atoms with Crippen LogP contribution < -0.4 is 0 Å². The third-order valence-corrected chi connectivity index (χ3v) is 19.5. The van der Waals surface area contributed by atoms with Gasteiger partial charge in [0, 0.05) is 25.7 Å². The minimum Gasteiger partial charge on any atom is -0.462 e. The molecule has 0 rings (SSSR count). The van der Waals surface area contributed by atoms with Crippen molar-refractivity contribution in [2.24, 2.45) is 5.92 Å². The number of ether oxygens (including phenoxy) is 4. The van der Waals surface area contributed by atoms with Gasteiger partial charge in [-0.25, -0.2) is 9.13 Å². The van der Waals surface area contributed by atoms with Gasteiger partial charge in [0.05, 0.1) is 26.4 Å². The number of aliphatic hydroxyl groups is 1. The van der Waals surface area contributed by atoms with Crippen molar-refractivity contribution < 1.29 is 80.2 Å². The molecule has 0 aliphatic rings. The average Bonchev–Trinajstić information content (AvgIpc) is 2.61. The molecule has 93 heavy (non-hydrogen) atoms. The van der Waals surface area contributed by atoms with Gasteiger partial charge in [-0.2, -0.15) is 0 Å². The van der Waals surface area contributed by atoms with Crippen molar-refractivity contribution in [3.8, 4) is 0 Å². The zero-order valence-electron chi connectivity index (χ0n) is 60.4. The molecule has 0 aliphatic heterocycles. The van der Waals surface area contributed by atoms with Gasteiger partial charge < -0.3 is 33.8 Å². The van der Waals surface area contributed by atoms with Gasteiger partial charge in [0.15, 0.2) is 12.2 Å². The molecule has 0 aromatic carbocycles. The van der Waals surface area contributed by atoms with E-state index in [4.69, 9.17) is 37.0 Å². The van der Waals surface area contributed by atoms with Crippen LogP contribution in [0.25, 0.3) is 0 Å². The summed E-state index contributed by atoms with van der Waals surface area (Å²) in [5, 5.41) is 10.6. The number of rotatable bonds is 74. The third kappa shape index (κ3) is 67.0. The number of carbonyl (C=O) groups is 4. The van der Waals surface area contributed by atoms with Crippen LogP contribution in [-0.2, 0) is 65.4 Å². The normalized spacial score (nSPS) is 14.3. The van der Waals surface area contributed by atoms with Crippen LogP contribution in [0, 0.1) is 5.92 Å². The molecule has 0 aromatic rings. The Hall–Kier alpha value is -1.94. The Labute approximate surface area is 568 Å². The van der Waals surface area contributed by atoms with Crippen molar-refractivity contribution in [1.82, 2.24) is 0 Å². The number of hydrogen-bond acceptors (Lipinski definition) is 15. The summed E-state index contributed by atoms with van der Waals surface area (Å²) in [5.41, 5.74) is 0. The molecule has 6 atom stereocenters. The first-order chi connectivity index (χ1) is 45.1. The SMILES string of the molecule is CCCCCCCCCCCCCCCCCCCC(=O)O[C@H](COC(=O)CCCCCCCCCCCCCCC)COP(=O)(O)OC[C@@H](O)COP(=O)(O)OC[C@@H](COC(=O)CCCCCCCCCCCCC)OC(=O)CCCCCCCCCCC(C)CC. The first kappa shape index (κ1) is 91.1. The van der Waals surface area contributed by atoms with Crippen molar-refractivity contribution in [2.75, 3.05) is 39.6 Å². The number of esters is 4. The molecule has 0 fully saturated rings. The second-order valence-electron chi connectivity index (χ2n) is 26.9. The van der Waals surface area contributed by atoms with E-state index in [1.54, 1.807) is 0 Å². The highest BCUT2D eigenvalue weighted by Crippen LogP contribution is 2.45. The van der Waals surface area contributed by atoms with E-state index >= 15 is 0 Å². The minimum atomic E-state index is -4.95. The van der Waals surface area contributed by atoms with E-state index in [0.29, 0.717) is 25.7 Å². The molecule has 0 heterocycles. The van der Waals surface area contributed by atoms with Crippen LogP contribution in [-0.4, -0.2) is 96.7 Å². The Bertz CT molecular complexity index is 1790. The summed E-state index contributed by atoms with van der Waals surface area (Å²) >= 11 is 0. The van der Waals surface area contributed by atoms with Crippen molar-refractivity contribution in [3.05, 3.63) is 0 Å². The lowest BCUT2D eigenvalue weighted by atomic mass is 9.99. The van der Waals surface area contributed by atoms with E-state index < -0.39 is 97.5 Å². The molecular weight excluding hydrogens is 1220 g/mol. The van der Waals surface area contributed by atoms with Gasteiger partial charge in [0.2, 0.25) is 0 Å². The van der Waals surface area contributed by atoms with Crippen molar-refractivity contribution in [1.29, 1.82) is 0 Å². The second kappa shape index (κ2) is 67.3. The Morgan fingerprint density at radius 3 is 0.763 bits per heavy atom. The first-order valence-corrected chi connectivity index (χ1v) is 41.7. The molecule has 0 amide bonds. The van der Waals surface area contributed by atoms with Crippen LogP contribution in [0.3, 0.4) is 0 Å². The summed E-state index contributed by atoms with van der Waals surface area (Å²) in [6, 6.07) is 0. The fourth-order valence-electron chi connectivity index (χ4n) is 11.3. The van der Waals surface area contributed by atoms with Gasteiger partial charge >= 0.3 is 39.5 Å². The summed E-state index contributed by atoms with van der Waals surface area (Å²) in [7, 11) is -9.91. The summed E-state index contributed by atoms with van der Waals surface area (Å²) in [4.78, 5) is 72.7. The Morgan fingerprint density at radius 2 is 0.516 bits per heavy atom. The number of unbranched alkanes of at least 4 members (excludes halogenated alkanes) is 45. The van der Waals surface area contributed by atoms with Gasteiger partial charge in [-0.1, -0.05) is 336 Å². The third-order valence-electron chi connectivity index (χ3n) is 17.6. The molecule has 0 saturated heterocycles. The minimum absolute atomic E-state index is 0.106. The van der Waals surface area contributed by atoms with Gasteiger partial charge in [-0.3, -0.25) is 37.3 Å².